The van der Waals surface area contributed by atoms with Crippen molar-refractivity contribution in [2.24, 2.45) is 0 Å². The molecule has 0 heterocycles. The second-order valence-corrected chi connectivity index (χ2v) is 9.80. The third-order valence-corrected chi connectivity index (χ3v) is 6.08. The molecule has 0 amide bonds. The lowest BCUT2D eigenvalue weighted by Crippen LogP contribution is -2.28. The molecule has 0 aliphatic rings. The van der Waals surface area contributed by atoms with Crippen LogP contribution in [0.1, 0.15) is 123 Å². The van der Waals surface area contributed by atoms with Gasteiger partial charge in [0.2, 0.25) is 0 Å². The largest absolute Gasteiger partial charge is 0.462 e. The summed E-state index contributed by atoms with van der Waals surface area (Å²) >= 11 is 0. The van der Waals surface area contributed by atoms with Crippen LogP contribution in [0.2, 0.25) is 0 Å². The quantitative estimate of drug-likeness (QED) is 0.0669. The van der Waals surface area contributed by atoms with Crippen LogP contribution in [0.4, 0.5) is 0 Å². The molecule has 0 fully saturated rings. The molecule has 0 spiro atoms. The minimum atomic E-state index is -0.785. The number of aliphatic hydroxyl groups is 1. The zero-order valence-corrected chi connectivity index (χ0v) is 24.9. The number of hydrogen-bond acceptors (Lipinski definition) is 5. The van der Waals surface area contributed by atoms with Crippen molar-refractivity contribution < 1.29 is 24.2 Å². The molecular formula is C34H56O5. The first kappa shape index (κ1) is 36.6. The van der Waals surface area contributed by atoms with E-state index in [0.29, 0.717) is 12.8 Å². The summed E-state index contributed by atoms with van der Waals surface area (Å²) in [6.07, 6.45) is 37.2. The van der Waals surface area contributed by atoms with Gasteiger partial charge in [0.25, 0.3) is 0 Å². The van der Waals surface area contributed by atoms with E-state index in [0.717, 1.165) is 77.0 Å². The molecule has 39 heavy (non-hydrogen) atoms. The second-order valence-electron chi connectivity index (χ2n) is 9.80. The number of ether oxygens (including phenoxy) is 2. The van der Waals surface area contributed by atoms with Crippen molar-refractivity contribution in [1.82, 2.24) is 0 Å². The van der Waals surface area contributed by atoms with Crippen molar-refractivity contribution in [3.63, 3.8) is 0 Å². The number of esters is 2. The third kappa shape index (κ3) is 28.4. The molecule has 0 bridgehead atoms. The van der Waals surface area contributed by atoms with E-state index in [9.17, 15) is 14.7 Å². The van der Waals surface area contributed by atoms with E-state index < -0.39 is 6.10 Å². The van der Waals surface area contributed by atoms with Crippen molar-refractivity contribution in [2.75, 3.05) is 13.2 Å². The fourth-order valence-corrected chi connectivity index (χ4v) is 3.75. The third-order valence-electron chi connectivity index (χ3n) is 6.08. The maximum absolute atomic E-state index is 12.0. The Bertz CT molecular complexity index is 717. The summed E-state index contributed by atoms with van der Waals surface area (Å²) in [4.78, 5) is 23.9. The summed E-state index contributed by atoms with van der Waals surface area (Å²) in [5, 5.41) is 9.43. The van der Waals surface area contributed by atoms with Crippen LogP contribution in [0, 0.1) is 0 Å². The Labute approximate surface area is 239 Å². The molecule has 0 saturated heterocycles. The predicted octanol–water partition coefficient (Wildman–Crippen LogP) is 8.89. The molecule has 0 aliphatic heterocycles. The van der Waals surface area contributed by atoms with Gasteiger partial charge in [0.1, 0.15) is 6.61 Å². The maximum Gasteiger partial charge on any atom is 0.306 e. The SMILES string of the molecule is CC/C=C\C/C=C\C/C=C\C/C=C\C/C=C\CCCCCC(=O)OC(CO)COC(=O)CCCCCCCC. The van der Waals surface area contributed by atoms with Crippen LogP contribution < -0.4 is 0 Å². The van der Waals surface area contributed by atoms with Gasteiger partial charge in [0, 0.05) is 12.8 Å². The van der Waals surface area contributed by atoms with Crippen LogP contribution in [-0.2, 0) is 19.1 Å². The molecule has 0 radical (unpaired) electrons. The molecule has 222 valence electrons. The fourth-order valence-electron chi connectivity index (χ4n) is 3.75. The highest BCUT2D eigenvalue weighted by Gasteiger charge is 2.16. The average Bonchev–Trinajstić information content (AvgIpc) is 2.94. The van der Waals surface area contributed by atoms with Gasteiger partial charge in [-0.2, -0.15) is 0 Å². The number of rotatable bonds is 26. The van der Waals surface area contributed by atoms with Gasteiger partial charge < -0.3 is 14.6 Å². The lowest BCUT2D eigenvalue weighted by Gasteiger charge is -2.15. The summed E-state index contributed by atoms with van der Waals surface area (Å²) in [5.74, 6) is -0.647. The van der Waals surface area contributed by atoms with Gasteiger partial charge in [0.15, 0.2) is 6.10 Å². The van der Waals surface area contributed by atoms with E-state index >= 15 is 0 Å². The highest BCUT2D eigenvalue weighted by Crippen LogP contribution is 2.09. The molecule has 0 aromatic heterocycles. The first-order chi connectivity index (χ1) is 19.1. The zero-order valence-electron chi connectivity index (χ0n) is 24.9. The molecule has 0 rings (SSSR count). The normalized spacial score (nSPS) is 13.0. The number of hydrogen-bond donors (Lipinski definition) is 1. The van der Waals surface area contributed by atoms with Gasteiger partial charge in [0.05, 0.1) is 6.61 Å². The van der Waals surface area contributed by atoms with Crippen LogP contribution in [0.3, 0.4) is 0 Å². The van der Waals surface area contributed by atoms with Crippen LogP contribution in [0.5, 0.6) is 0 Å². The second kappa shape index (κ2) is 30.1. The van der Waals surface area contributed by atoms with Crippen molar-refractivity contribution >= 4 is 11.9 Å². The monoisotopic (exact) mass is 544 g/mol. The van der Waals surface area contributed by atoms with Gasteiger partial charge in [-0.25, -0.2) is 0 Å². The van der Waals surface area contributed by atoms with Crippen molar-refractivity contribution in [3.05, 3.63) is 60.8 Å². The Hall–Kier alpha value is -2.40. The molecule has 0 aromatic rings. The summed E-state index contributed by atoms with van der Waals surface area (Å²) < 4.78 is 10.4. The van der Waals surface area contributed by atoms with Crippen molar-refractivity contribution in [1.29, 1.82) is 0 Å². The Morgan fingerprint density at radius 2 is 1.10 bits per heavy atom. The zero-order chi connectivity index (χ0) is 28.7. The van der Waals surface area contributed by atoms with Crippen molar-refractivity contribution in [3.8, 4) is 0 Å². The number of unbranched alkanes of at least 4 members (excludes halogenated alkanes) is 8. The van der Waals surface area contributed by atoms with Gasteiger partial charge in [-0.3, -0.25) is 9.59 Å². The molecule has 5 nitrogen and oxygen atoms in total. The predicted molar refractivity (Wildman–Crippen MR) is 163 cm³/mol. The molecule has 0 aliphatic carbocycles. The minimum Gasteiger partial charge on any atom is -0.462 e. The average molecular weight is 545 g/mol. The lowest BCUT2D eigenvalue weighted by atomic mass is 10.1. The summed E-state index contributed by atoms with van der Waals surface area (Å²) in [7, 11) is 0. The summed E-state index contributed by atoms with van der Waals surface area (Å²) in [5.41, 5.74) is 0. The van der Waals surface area contributed by atoms with E-state index in [1.54, 1.807) is 0 Å². The van der Waals surface area contributed by atoms with E-state index in [4.69, 9.17) is 9.47 Å². The van der Waals surface area contributed by atoms with Crippen LogP contribution in [0.25, 0.3) is 0 Å². The minimum absolute atomic E-state index is 0.0824. The first-order valence-corrected chi connectivity index (χ1v) is 15.3. The Kier molecular flexibility index (Phi) is 28.3. The van der Waals surface area contributed by atoms with Gasteiger partial charge in [-0.1, -0.05) is 113 Å². The van der Waals surface area contributed by atoms with Crippen molar-refractivity contribution in [2.45, 2.75) is 129 Å². The van der Waals surface area contributed by atoms with E-state index in [1.807, 2.05) is 0 Å². The van der Waals surface area contributed by atoms with E-state index in [-0.39, 0.29) is 25.2 Å². The lowest BCUT2D eigenvalue weighted by molar-refractivity contribution is -0.161. The molecule has 1 atom stereocenters. The summed E-state index contributed by atoms with van der Waals surface area (Å²) in [6.45, 7) is 3.89. The molecule has 1 N–H and O–H groups in total. The highest BCUT2D eigenvalue weighted by atomic mass is 16.6. The Balaban J connectivity index is 3.71. The number of allylic oxidation sites excluding steroid dienone is 10. The van der Waals surface area contributed by atoms with E-state index in [2.05, 4.69) is 74.6 Å². The van der Waals surface area contributed by atoms with Gasteiger partial charge in [-0.15, -0.1) is 0 Å². The Morgan fingerprint density at radius 1 is 0.615 bits per heavy atom. The molecular weight excluding hydrogens is 488 g/mol. The topological polar surface area (TPSA) is 72.8 Å². The van der Waals surface area contributed by atoms with Crippen LogP contribution >= 0.6 is 0 Å². The maximum atomic E-state index is 12.0. The standard InChI is InChI=1S/C34H56O5/c1-3-5-7-9-11-12-13-14-15-16-17-18-19-20-21-22-23-25-27-29-34(37)39-32(30-35)31-38-33(36)28-26-24-10-8-6-4-2/h5,7,11-12,14-15,17-18,20-21,32,35H,3-4,6,8-10,13,16,19,22-31H2,1-2H3/b7-5-,12-11-,15-14-,18-17-,21-20-. The first-order valence-electron chi connectivity index (χ1n) is 15.3. The molecule has 0 aromatic carbocycles. The smallest absolute Gasteiger partial charge is 0.306 e. The van der Waals surface area contributed by atoms with Crippen LogP contribution in [0.15, 0.2) is 60.8 Å². The summed E-state index contributed by atoms with van der Waals surface area (Å²) in [6, 6.07) is 0. The number of aliphatic hydroxyl groups excluding tert-OH is 1. The number of carbonyl (C=O) groups is 2. The fraction of sp³-hybridized carbons (Fsp3) is 0.647. The Morgan fingerprint density at radius 3 is 1.67 bits per heavy atom. The number of carbonyl (C=O) groups excluding carboxylic acids is 2. The van der Waals surface area contributed by atoms with Crippen LogP contribution in [-0.4, -0.2) is 36.4 Å². The van der Waals surface area contributed by atoms with E-state index in [1.165, 1.54) is 19.3 Å². The van der Waals surface area contributed by atoms with Gasteiger partial charge in [-0.05, 0) is 57.8 Å². The molecule has 1 unspecified atom stereocenters. The highest BCUT2D eigenvalue weighted by molar-refractivity contribution is 5.70. The molecule has 5 heteroatoms. The van der Waals surface area contributed by atoms with Gasteiger partial charge >= 0.3 is 11.9 Å². The molecule has 0 saturated carbocycles.